The van der Waals surface area contributed by atoms with Gasteiger partial charge in [0.1, 0.15) is 5.01 Å². The Balaban J connectivity index is 1.47. The van der Waals surface area contributed by atoms with Crippen molar-refractivity contribution in [3.05, 3.63) is 64.7 Å². The van der Waals surface area contributed by atoms with Crippen LogP contribution < -0.4 is 10.2 Å². The number of para-hydroxylation sites is 1. The van der Waals surface area contributed by atoms with E-state index in [1.165, 1.54) is 11.3 Å². The standard InChI is InChI=1S/C22H22N4O2S2/c1-3-29-18-11-7-5-9-16(18)20(28)23-22-25-24-21(30-22)15-12-19(27)26(13-15)17-10-6-4-8-14(17)2/h4-11,15H,3,12-13H2,1-2H3,(H,23,25,28)/t15-/m1/s1. The molecule has 1 N–H and O–H groups in total. The molecule has 3 aromatic rings. The molecule has 1 aromatic heterocycles. The molecule has 1 aliphatic rings. The van der Waals surface area contributed by atoms with Crippen LogP contribution in [0.5, 0.6) is 0 Å². The van der Waals surface area contributed by atoms with Crippen molar-refractivity contribution in [3.8, 4) is 0 Å². The third-order valence-corrected chi connectivity index (χ3v) is 6.93. The highest BCUT2D eigenvalue weighted by Crippen LogP contribution is 2.35. The van der Waals surface area contributed by atoms with E-state index in [4.69, 9.17) is 0 Å². The summed E-state index contributed by atoms with van der Waals surface area (Å²) in [7, 11) is 0. The molecule has 1 fully saturated rings. The Kier molecular flexibility index (Phi) is 6.15. The summed E-state index contributed by atoms with van der Waals surface area (Å²) < 4.78 is 0. The molecule has 4 rings (SSSR count). The molecule has 2 aromatic carbocycles. The van der Waals surface area contributed by atoms with Crippen molar-refractivity contribution in [2.24, 2.45) is 0 Å². The second-order valence-corrected chi connectivity index (χ2v) is 9.34. The average molecular weight is 439 g/mol. The van der Waals surface area contributed by atoms with E-state index in [-0.39, 0.29) is 17.7 Å². The lowest BCUT2D eigenvalue weighted by molar-refractivity contribution is -0.117. The van der Waals surface area contributed by atoms with Crippen LogP contribution in [0.25, 0.3) is 0 Å². The molecular formula is C22H22N4O2S2. The largest absolute Gasteiger partial charge is 0.311 e. The van der Waals surface area contributed by atoms with E-state index in [2.05, 4.69) is 22.4 Å². The number of rotatable bonds is 6. The van der Waals surface area contributed by atoms with Crippen LogP contribution in [-0.4, -0.2) is 34.3 Å². The van der Waals surface area contributed by atoms with Gasteiger partial charge in [-0.2, -0.15) is 0 Å². The Bertz CT molecular complexity index is 1080. The van der Waals surface area contributed by atoms with Crippen LogP contribution in [0.4, 0.5) is 10.8 Å². The Morgan fingerprint density at radius 1 is 1.20 bits per heavy atom. The minimum Gasteiger partial charge on any atom is -0.311 e. The van der Waals surface area contributed by atoms with Crippen LogP contribution in [0.2, 0.25) is 0 Å². The lowest BCUT2D eigenvalue weighted by atomic mass is 10.1. The van der Waals surface area contributed by atoms with E-state index in [0.29, 0.717) is 23.7 Å². The number of nitrogens with zero attached hydrogens (tertiary/aromatic N) is 3. The van der Waals surface area contributed by atoms with E-state index in [9.17, 15) is 9.59 Å². The Morgan fingerprint density at radius 2 is 1.97 bits per heavy atom. The molecule has 0 unspecified atom stereocenters. The van der Waals surface area contributed by atoms with Crippen molar-refractivity contribution < 1.29 is 9.59 Å². The second kappa shape index (κ2) is 8.97. The Hall–Kier alpha value is -2.71. The van der Waals surface area contributed by atoms with Gasteiger partial charge >= 0.3 is 0 Å². The van der Waals surface area contributed by atoms with E-state index in [1.54, 1.807) is 11.8 Å². The number of benzene rings is 2. The molecule has 1 saturated heterocycles. The number of carbonyl (C=O) groups is 2. The highest BCUT2D eigenvalue weighted by atomic mass is 32.2. The summed E-state index contributed by atoms with van der Waals surface area (Å²) in [5.41, 5.74) is 2.64. The number of aryl methyl sites for hydroxylation is 1. The summed E-state index contributed by atoms with van der Waals surface area (Å²) in [6, 6.07) is 15.4. The van der Waals surface area contributed by atoms with Crippen LogP contribution >= 0.6 is 23.1 Å². The van der Waals surface area contributed by atoms with Crippen molar-refractivity contribution in [3.63, 3.8) is 0 Å². The lowest BCUT2D eigenvalue weighted by Crippen LogP contribution is -2.25. The van der Waals surface area contributed by atoms with Crippen LogP contribution in [-0.2, 0) is 4.79 Å². The van der Waals surface area contributed by atoms with Gasteiger partial charge in [-0.3, -0.25) is 14.9 Å². The highest BCUT2D eigenvalue weighted by molar-refractivity contribution is 7.99. The molecule has 0 spiro atoms. The van der Waals surface area contributed by atoms with Crippen molar-refractivity contribution >= 4 is 45.7 Å². The predicted octanol–water partition coefficient (Wildman–Crippen LogP) is 4.73. The fraction of sp³-hybridized carbons (Fsp3) is 0.273. The van der Waals surface area contributed by atoms with Gasteiger partial charge in [0.25, 0.3) is 5.91 Å². The van der Waals surface area contributed by atoms with Gasteiger partial charge in [0.2, 0.25) is 11.0 Å². The Morgan fingerprint density at radius 3 is 2.77 bits per heavy atom. The summed E-state index contributed by atoms with van der Waals surface area (Å²) in [4.78, 5) is 28.1. The molecular weight excluding hydrogens is 416 g/mol. The molecule has 8 heteroatoms. The van der Waals surface area contributed by atoms with Crippen molar-refractivity contribution in [2.45, 2.75) is 31.1 Å². The molecule has 1 atom stereocenters. The number of carbonyl (C=O) groups excluding carboxylic acids is 2. The van der Waals surface area contributed by atoms with E-state index < -0.39 is 0 Å². The molecule has 154 valence electrons. The molecule has 2 amide bonds. The number of anilines is 2. The number of aromatic nitrogens is 2. The van der Waals surface area contributed by atoms with Crippen molar-refractivity contribution in [2.75, 3.05) is 22.5 Å². The number of nitrogens with one attached hydrogen (secondary N) is 1. The number of amides is 2. The monoisotopic (exact) mass is 438 g/mol. The summed E-state index contributed by atoms with van der Waals surface area (Å²) >= 11 is 2.97. The number of hydrogen-bond donors (Lipinski definition) is 1. The lowest BCUT2D eigenvalue weighted by Gasteiger charge is -2.18. The minimum atomic E-state index is -0.196. The van der Waals surface area contributed by atoms with Gasteiger partial charge in [0.05, 0.1) is 5.56 Å². The van der Waals surface area contributed by atoms with E-state index >= 15 is 0 Å². The van der Waals surface area contributed by atoms with Gasteiger partial charge in [-0.25, -0.2) is 0 Å². The smallest absolute Gasteiger partial charge is 0.258 e. The number of hydrogen-bond acceptors (Lipinski definition) is 6. The maximum absolute atomic E-state index is 12.7. The normalized spacial score (nSPS) is 16.1. The third-order valence-electron chi connectivity index (χ3n) is 4.97. The molecule has 30 heavy (non-hydrogen) atoms. The minimum absolute atomic E-state index is 0.0248. The van der Waals surface area contributed by atoms with Gasteiger partial charge in [-0.05, 0) is 36.4 Å². The van der Waals surface area contributed by atoms with Crippen molar-refractivity contribution in [1.82, 2.24) is 10.2 Å². The summed E-state index contributed by atoms with van der Waals surface area (Å²) in [5.74, 6) is 0.752. The zero-order valence-corrected chi connectivity index (χ0v) is 18.4. The highest BCUT2D eigenvalue weighted by Gasteiger charge is 2.34. The van der Waals surface area contributed by atoms with Crippen LogP contribution in [0.15, 0.2) is 53.4 Å². The maximum atomic E-state index is 12.7. The zero-order chi connectivity index (χ0) is 21.1. The van der Waals surface area contributed by atoms with Crippen LogP contribution in [0, 0.1) is 6.92 Å². The van der Waals surface area contributed by atoms with Gasteiger partial charge < -0.3 is 4.90 Å². The van der Waals surface area contributed by atoms with Crippen LogP contribution in [0.3, 0.4) is 0 Å². The van der Waals surface area contributed by atoms with Crippen LogP contribution in [0.1, 0.15) is 40.2 Å². The SMILES string of the molecule is CCSc1ccccc1C(=O)Nc1nnc([C@@H]2CC(=O)N(c3ccccc3C)C2)s1. The van der Waals surface area contributed by atoms with Gasteiger partial charge in [-0.1, -0.05) is 48.6 Å². The first-order valence-corrected chi connectivity index (χ1v) is 11.6. The predicted molar refractivity (Wildman–Crippen MR) is 122 cm³/mol. The summed E-state index contributed by atoms with van der Waals surface area (Å²) in [6.45, 7) is 4.63. The third kappa shape index (κ3) is 4.24. The fourth-order valence-electron chi connectivity index (χ4n) is 3.52. The van der Waals surface area contributed by atoms with Crippen molar-refractivity contribution in [1.29, 1.82) is 0 Å². The summed E-state index contributed by atoms with van der Waals surface area (Å²) in [5, 5.41) is 12.5. The van der Waals surface area contributed by atoms with E-state index in [1.807, 2.05) is 60.4 Å². The fourth-order valence-corrected chi connectivity index (χ4v) is 5.15. The molecule has 6 nitrogen and oxygen atoms in total. The Labute approximate surface area is 183 Å². The van der Waals surface area contributed by atoms with Gasteiger partial charge in [0.15, 0.2) is 0 Å². The molecule has 0 bridgehead atoms. The number of thioether (sulfide) groups is 1. The first-order chi connectivity index (χ1) is 14.6. The van der Waals surface area contributed by atoms with Gasteiger partial charge in [-0.15, -0.1) is 22.0 Å². The first kappa shape index (κ1) is 20.6. The quantitative estimate of drug-likeness (QED) is 0.563. The topological polar surface area (TPSA) is 75.2 Å². The zero-order valence-electron chi connectivity index (χ0n) is 16.8. The maximum Gasteiger partial charge on any atom is 0.258 e. The second-order valence-electron chi connectivity index (χ2n) is 7.02. The molecule has 0 radical (unpaired) electrons. The van der Waals surface area contributed by atoms with E-state index in [0.717, 1.165) is 26.9 Å². The summed E-state index contributed by atoms with van der Waals surface area (Å²) in [6.07, 6.45) is 0.396. The average Bonchev–Trinajstić information content (AvgIpc) is 3.35. The molecule has 1 aliphatic heterocycles. The first-order valence-electron chi connectivity index (χ1n) is 9.79. The molecule has 2 heterocycles. The van der Waals surface area contributed by atoms with Gasteiger partial charge in [0, 0.05) is 29.5 Å². The molecule has 0 aliphatic carbocycles. The molecule has 0 saturated carbocycles.